The summed E-state index contributed by atoms with van der Waals surface area (Å²) in [5.74, 6) is -0.942. The van der Waals surface area contributed by atoms with Crippen LogP contribution in [-0.2, 0) is 25.7 Å². The fraction of sp³-hybridized carbons (Fsp3) is 0.300. The molecular weight excluding hydrogens is 463 g/mol. The van der Waals surface area contributed by atoms with E-state index in [2.05, 4.69) is 24.9 Å². The maximum atomic E-state index is 12.7. The lowest BCUT2D eigenvalue weighted by Gasteiger charge is -2.19. The molecule has 2 aromatic carbocycles. The van der Waals surface area contributed by atoms with Crippen molar-refractivity contribution in [1.82, 2.24) is 24.9 Å². The Morgan fingerprint density at radius 2 is 1.67 bits per heavy atom. The molecule has 0 saturated heterocycles. The third kappa shape index (κ3) is 5.54. The average Bonchev–Trinajstić information content (AvgIpc) is 3.27. The molecule has 1 N–H and O–H groups in total. The van der Waals surface area contributed by atoms with E-state index < -0.39 is 33.8 Å². The largest absolute Gasteiger partial charge is 0.468 e. The van der Waals surface area contributed by atoms with Crippen LogP contribution in [0.5, 0.6) is 0 Å². The molecule has 0 aliphatic heterocycles. The first-order chi connectivity index (χ1) is 15.4. The van der Waals surface area contributed by atoms with Crippen molar-refractivity contribution in [2.45, 2.75) is 31.0 Å². The van der Waals surface area contributed by atoms with Gasteiger partial charge in [-0.2, -0.15) is 17.9 Å². The van der Waals surface area contributed by atoms with Gasteiger partial charge in [-0.3, -0.25) is 4.79 Å². The van der Waals surface area contributed by atoms with Crippen LogP contribution in [0.15, 0.2) is 53.4 Å². The number of rotatable bonds is 7. The standard InChI is InChI=1S/C20H20F3N5O4S/c1-12(2)17(19(29)32-3)26-33(30,31)16-10-8-15(9-11-16)28-25-18(24-27-28)13-4-6-14(7-5-13)20(21,22)23/h4-12,17,26H,1-3H3. The highest BCUT2D eigenvalue weighted by Gasteiger charge is 2.30. The van der Waals surface area contributed by atoms with Gasteiger partial charge < -0.3 is 4.74 Å². The van der Waals surface area contributed by atoms with Crippen molar-refractivity contribution in [3.63, 3.8) is 0 Å². The van der Waals surface area contributed by atoms with E-state index >= 15 is 0 Å². The molecule has 13 heteroatoms. The average molecular weight is 483 g/mol. The fourth-order valence-corrected chi connectivity index (χ4v) is 4.16. The number of methoxy groups -OCH3 is 1. The molecule has 0 bridgehead atoms. The zero-order valence-electron chi connectivity index (χ0n) is 17.7. The van der Waals surface area contributed by atoms with Crippen molar-refractivity contribution < 1.29 is 31.1 Å². The van der Waals surface area contributed by atoms with Crippen LogP contribution in [0, 0.1) is 5.92 Å². The number of carbonyl (C=O) groups is 1. The first-order valence-electron chi connectivity index (χ1n) is 9.60. The Morgan fingerprint density at radius 1 is 1.06 bits per heavy atom. The topological polar surface area (TPSA) is 116 Å². The summed E-state index contributed by atoms with van der Waals surface area (Å²) in [5, 5.41) is 11.8. The molecule has 1 atom stereocenters. The minimum atomic E-state index is -4.45. The molecule has 3 aromatic rings. The van der Waals surface area contributed by atoms with E-state index in [9.17, 15) is 26.4 Å². The van der Waals surface area contributed by atoms with Crippen LogP contribution in [0.3, 0.4) is 0 Å². The lowest BCUT2D eigenvalue weighted by atomic mass is 10.1. The molecule has 1 aromatic heterocycles. The summed E-state index contributed by atoms with van der Waals surface area (Å²) < 4.78 is 70.4. The monoisotopic (exact) mass is 483 g/mol. The maximum Gasteiger partial charge on any atom is 0.416 e. The number of esters is 1. The molecule has 3 rings (SSSR count). The third-order valence-corrected chi connectivity index (χ3v) is 6.12. The van der Waals surface area contributed by atoms with Crippen molar-refractivity contribution in [3.05, 3.63) is 54.1 Å². The van der Waals surface area contributed by atoms with E-state index in [1.165, 1.54) is 43.5 Å². The smallest absolute Gasteiger partial charge is 0.416 e. The highest BCUT2D eigenvalue weighted by atomic mass is 32.2. The number of nitrogens with zero attached hydrogens (tertiary/aromatic N) is 4. The summed E-state index contributed by atoms with van der Waals surface area (Å²) >= 11 is 0. The van der Waals surface area contributed by atoms with Gasteiger partial charge in [0.1, 0.15) is 6.04 Å². The van der Waals surface area contributed by atoms with E-state index in [4.69, 9.17) is 0 Å². The van der Waals surface area contributed by atoms with E-state index in [0.717, 1.165) is 16.9 Å². The number of alkyl halides is 3. The van der Waals surface area contributed by atoms with Gasteiger partial charge in [-0.05, 0) is 47.5 Å². The van der Waals surface area contributed by atoms with Gasteiger partial charge in [0.15, 0.2) is 0 Å². The minimum absolute atomic E-state index is 0.0936. The molecule has 0 spiro atoms. The Labute approximate surface area is 187 Å². The SMILES string of the molecule is COC(=O)C(NS(=O)(=O)c1ccc(-n2nnc(-c3ccc(C(F)(F)F)cc3)n2)cc1)C(C)C. The molecule has 1 heterocycles. The summed E-state index contributed by atoms with van der Waals surface area (Å²) in [5.41, 5.74) is -0.0934. The number of halogens is 3. The van der Waals surface area contributed by atoms with E-state index in [1.54, 1.807) is 13.8 Å². The maximum absolute atomic E-state index is 12.7. The number of aromatic nitrogens is 4. The molecule has 0 saturated carbocycles. The number of carbonyl (C=O) groups excluding carboxylic acids is 1. The second kappa shape index (κ2) is 9.27. The number of benzene rings is 2. The van der Waals surface area contributed by atoms with Gasteiger partial charge in [-0.15, -0.1) is 15.0 Å². The lowest BCUT2D eigenvalue weighted by Crippen LogP contribution is -2.44. The first-order valence-corrected chi connectivity index (χ1v) is 11.1. The van der Waals surface area contributed by atoms with Crippen LogP contribution in [-0.4, -0.2) is 47.7 Å². The molecule has 0 radical (unpaired) electrons. The van der Waals surface area contributed by atoms with Gasteiger partial charge in [0, 0.05) is 5.56 Å². The van der Waals surface area contributed by atoms with Gasteiger partial charge in [0.05, 0.1) is 23.3 Å². The van der Waals surface area contributed by atoms with Gasteiger partial charge in [-0.25, -0.2) is 8.42 Å². The first kappa shape index (κ1) is 24.3. The third-order valence-electron chi connectivity index (χ3n) is 4.67. The van der Waals surface area contributed by atoms with Crippen LogP contribution in [0.25, 0.3) is 17.1 Å². The lowest BCUT2D eigenvalue weighted by molar-refractivity contribution is -0.143. The molecule has 176 valence electrons. The van der Waals surface area contributed by atoms with Crippen LogP contribution >= 0.6 is 0 Å². The molecule has 33 heavy (non-hydrogen) atoms. The number of hydrogen-bond acceptors (Lipinski definition) is 7. The summed E-state index contributed by atoms with van der Waals surface area (Å²) in [4.78, 5) is 12.9. The van der Waals surface area contributed by atoms with Crippen molar-refractivity contribution in [2.75, 3.05) is 7.11 Å². The van der Waals surface area contributed by atoms with Gasteiger partial charge in [-0.1, -0.05) is 26.0 Å². The van der Waals surface area contributed by atoms with E-state index in [-0.39, 0.29) is 16.6 Å². The normalized spacial score (nSPS) is 13.2. The van der Waals surface area contributed by atoms with Crippen molar-refractivity contribution in [3.8, 4) is 17.1 Å². The van der Waals surface area contributed by atoms with Crippen LogP contribution < -0.4 is 4.72 Å². The molecular formula is C20H20F3N5O4S. The molecule has 0 aliphatic rings. The molecule has 0 aliphatic carbocycles. The predicted octanol–water partition coefficient (Wildman–Crippen LogP) is 2.82. The summed E-state index contributed by atoms with van der Waals surface area (Å²) in [6.45, 7) is 3.36. The zero-order chi connectivity index (χ0) is 24.4. The van der Waals surface area contributed by atoms with Crippen LogP contribution in [0.1, 0.15) is 19.4 Å². The van der Waals surface area contributed by atoms with E-state index in [0.29, 0.717) is 11.3 Å². The Bertz CT molecular complexity index is 1220. The number of tetrazole rings is 1. The van der Waals surface area contributed by atoms with Crippen molar-refractivity contribution >= 4 is 16.0 Å². The highest BCUT2D eigenvalue weighted by Crippen LogP contribution is 2.30. The number of ether oxygens (including phenoxy) is 1. The van der Waals surface area contributed by atoms with Crippen LogP contribution in [0.2, 0.25) is 0 Å². The summed E-state index contributed by atoms with van der Waals surface area (Å²) in [7, 11) is -2.85. The van der Waals surface area contributed by atoms with E-state index in [1.807, 2.05) is 0 Å². The van der Waals surface area contributed by atoms with Crippen LogP contribution in [0.4, 0.5) is 13.2 Å². The summed E-state index contributed by atoms with van der Waals surface area (Å²) in [6.07, 6.45) is -4.45. The predicted molar refractivity (Wildman–Crippen MR) is 111 cm³/mol. The second-order valence-corrected chi connectivity index (χ2v) is 9.05. The zero-order valence-corrected chi connectivity index (χ0v) is 18.6. The fourth-order valence-electron chi connectivity index (χ4n) is 2.82. The van der Waals surface area contributed by atoms with Gasteiger partial charge in [0.2, 0.25) is 15.8 Å². The number of hydrogen-bond donors (Lipinski definition) is 1. The van der Waals surface area contributed by atoms with Crippen molar-refractivity contribution in [2.24, 2.45) is 5.92 Å². The quantitative estimate of drug-likeness (QED) is 0.514. The number of nitrogens with one attached hydrogen (secondary N) is 1. The Hall–Kier alpha value is -3.32. The van der Waals surface area contributed by atoms with Gasteiger partial charge >= 0.3 is 12.1 Å². The highest BCUT2D eigenvalue weighted by molar-refractivity contribution is 7.89. The second-order valence-electron chi connectivity index (χ2n) is 7.34. The summed E-state index contributed by atoms with van der Waals surface area (Å²) in [6, 6.07) is 8.70. The Kier molecular flexibility index (Phi) is 6.84. The molecule has 9 nitrogen and oxygen atoms in total. The molecule has 1 unspecified atom stereocenters. The Morgan fingerprint density at radius 3 is 2.18 bits per heavy atom. The Balaban J connectivity index is 1.79. The molecule has 0 amide bonds. The minimum Gasteiger partial charge on any atom is -0.468 e. The molecule has 0 fully saturated rings. The number of sulfonamides is 1. The van der Waals surface area contributed by atoms with Gasteiger partial charge in [0.25, 0.3) is 0 Å². The van der Waals surface area contributed by atoms with Crippen molar-refractivity contribution in [1.29, 1.82) is 0 Å².